The van der Waals surface area contributed by atoms with Crippen molar-refractivity contribution in [1.82, 2.24) is 0 Å². The Balaban J connectivity index is 2.46. The zero-order valence-corrected chi connectivity index (χ0v) is 5.94. The van der Waals surface area contributed by atoms with E-state index >= 15 is 0 Å². The lowest BCUT2D eigenvalue weighted by molar-refractivity contribution is 0.298. The van der Waals surface area contributed by atoms with Crippen LogP contribution in [0.5, 0.6) is 0 Å². The summed E-state index contributed by atoms with van der Waals surface area (Å²) in [5, 5.41) is 0. The van der Waals surface area contributed by atoms with Crippen LogP contribution in [-0.4, -0.2) is 6.29 Å². The van der Waals surface area contributed by atoms with E-state index in [0.29, 0.717) is 0 Å². The molecule has 0 bridgehead atoms. The van der Waals surface area contributed by atoms with Crippen molar-refractivity contribution in [3.05, 3.63) is 0 Å². The maximum absolute atomic E-state index is 10.4. The average molecular weight is 125 g/mol. The van der Waals surface area contributed by atoms with Crippen LogP contribution in [0.2, 0.25) is 0 Å². The van der Waals surface area contributed by atoms with Crippen molar-refractivity contribution >= 4 is 6.29 Å². The predicted molar refractivity (Wildman–Crippen MR) is 36.9 cm³/mol. The number of rotatable bonds is 1. The van der Waals surface area contributed by atoms with Gasteiger partial charge in [0.25, 0.3) is 0 Å². The van der Waals surface area contributed by atoms with Gasteiger partial charge in [-0.05, 0) is 12.8 Å². The highest BCUT2D eigenvalue weighted by atomic mass is 16.1. The summed E-state index contributed by atoms with van der Waals surface area (Å²) in [6, 6.07) is 0. The molecule has 1 heteroatoms. The molecule has 1 saturated carbocycles. The van der Waals surface area contributed by atoms with Crippen LogP contribution in [0.25, 0.3) is 0 Å². The molecule has 0 N–H and O–H groups in total. The summed E-state index contributed by atoms with van der Waals surface area (Å²) < 4.78 is 0. The van der Waals surface area contributed by atoms with Gasteiger partial charge in [-0.3, -0.25) is 4.79 Å². The lowest BCUT2D eigenvalue weighted by atomic mass is 9.77. The van der Waals surface area contributed by atoms with Gasteiger partial charge in [-0.25, -0.2) is 0 Å². The Morgan fingerprint density at radius 1 is 1.22 bits per heavy atom. The minimum Gasteiger partial charge on any atom is -0.290 e. The molecule has 1 aliphatic carbocycles. The highest BCUT2D eigenvalue weighted by Gasteiger charge is 2.26. The molecule has 0 heterocycles. The second-order valence-corrected chi connectivity index (χ2v) is 3.22. The third-order valence-corrected chi connectivity index (χ3v) is 2.20. The first kappa shape index (κ1) is 6.79. The zero-order chi connectivity index (χ0) is 6.74. The standard InChI is InChI=1S/C8H13O/c1-8(7-9)5-3-2-4-6-8/h2-6H2,1H3. The Morgan fingerprint density at radius 3 is 2.11 bits per heavy atom. The third kappa shape index (κ3) is 1.54. The van der Waals surface area contributed by atoms with Gasteiger partial charge in [0.05, 0.1) is 0 Å². The van der Waals surface area contributed by atoms with E-state index in [2.05, 4.69) is 6.29 Å². The highest BCUT2D eigenvalue weighted by Crippen LogP contribution is 2.33. The molecule has 0 aromatic rings. The maximum Gasteiger partial charge on any atom is 0.204 e. The molecule has 1 aliphatic rings. The Morgan fingerprint density at radius 2 is 1.78 bits per heavy atom. The number of carbonyl (C=O) groups excluding carboxylic acids is 1. The van der Waals surface area contributed by atoms with E-state index in [-0.39, 0.29) is 5.41 Å². The van der Waals surface area contributed by atoms with Gasteiger partial charge >= 0.3 is 0 Å². The van der Waals surface area contributed by atoms with E-state index < -0.39 is 0 Å². The molecule has 0 atom stereocenters. The molecule has 0 aromatic heterocycles. The quantitative estimate of drug-likeness (QED) is 0.524. The van der Waals surface area contributed by atoms with Crippen LogP contribution in [0.1, 0.15) is 39.0 Å². The number of hydrogen-bond acceptors (Lipinski definition) is 1. The average Bonchev–Trinajstić information content (AvgIpc) is 1.90. The lowest BCUT2D eigenvalue weighted by Crippen LogP contribution is -2.20. The molecule has 0 aromatic carbocycles. The summed E-state index contributed by atoms with van der Waals surface area (Å²) in [4.78, 5) is 10.4. The van der Waals surface area contributed by atoms with Crippen LogP contribution in [0.3, 0.4) is 0 Å². The Labute approximate surface area is 56.4 Å². The van der Waals surface area contributed by atoms with Gasteiger partial charge in [0.2, 0.25) is 6.29 Å². The lowest BCUT2D eigenvalue weighted by Gasteiger charge is -2.26. The van der Waals surface area contributed by atoms with Gasteiger partial charge < -0.3 is 0 Å². The van der Waals surface area contributed by atoms with Crippen molar-refractivity contribution in [3.8, 4) is 0 Å². The minimum atomic E-state index is -0.0851. The Hall–Kier alpha value is -0.330. The first-order chi connectivity index (χ1) is 4.27. The third-order valence-electron chi connectivity index (χ3n) is 2.20. The molecule has 0 unspecified atom stereocenters. The van der Waals surface area contributed by atoms with Gasteiger partial charge in [-0.2, -0.15) is 0 Å². The summed E-state index contributed by atoms with van der Waals surface area (Å²) in [5.41, 5.74) is -0.0851. The van der Waals surface area contributed by atoms with Crippen LogP contribution < -0.4 is 0 Å². The summed E-state index contributed by atoms with van der Waals surface area (Å²) >= 11 is 0. The molecule has 0 spiro atoms. The van der Waals surface area contributed by atoms with E-state index in [0.717, 1.165) is 12.8 Å². The van der Waals surface area contributed by atoms with Crippen molar-refractivity contribution in [2.45, 2.75) is 39.0 Å². The molecule has 51 valence electrons. The van der Waals surface area contributed by atoms with Crippen LogP contribution in [-0.2, 0) is 4.79 Å². The molecule has 1 nitrogen and oxygen atoms in total. The molecule has 0 amide bonds. The second-order valence-electron chi connectivity index (χ2n) is 3.22. The molecule has 1 fully saturated rings. The molecule has 9 heavy (non-hydrogen) atoms. The van der Waals surface area contributed by atoms with Gasteiger partial charge in [0.1, 0.15) is 0 Å². The summed E-state index contributed by atoms with van der Waals surface area (Å²) in [6.45, 7) is 2.01. The van der Waals surface area contributed by atoms with E-state index in [1.807, 2.05) is 6.92 Å². The normalized spacial score (nSPS) is 25.4. The first-order valence-electron chi connectivity index (χ1n) is 3.66. The largest absolute Gasteiger partial charge is 0.290 e. The topological polar surface area (TPSA) is 17.1 Å². The van der Waals surface area contributed by atoms with Gasteiger partial charge in [0.15, 0.2) is 0 Å². The molecular formula is C8H13O. The van der Waals surface area contributed by atoms with Crippen molar-refractivity contribution in [3.63, 3.8) is 0 Å². The summed E-state index contributed by atoms with van der Waals surface area (Å²) in [5.74, 6) is 0. The molecular weight excluding hydrogens is 112 g/mol. The van der Waals surface area contributed by atoms with E-state index in [1.165, 1.54) is 19.3 Å². The van der Waals surface area contributed by atoms with Gasteiger partial charge in [-0.1, -0.05) is 26.2 Å². The fourth-order valence-corrected chi connectivity index (χ4v) is 1.43. The molecule has 0 saturated heterocycles. The van der Waals surface area contributed by atoms with Gasteiger partial charge in [-0.15, -0.1) is 0 Å². The van der Waals surface area contributed by atoms with E-state index in [1.54, 1.807) is 0 Å². The monoisotopic (exact) mass is 125 g/mol. The van der Waals surface area contributed by atoms with Crippen molar-refractivity contribution in [2.75, 3.05) is 0 Å². The molecule has 1 rings (SSSR count). The fourth-order valence-electron chi connectivity index (χ4n) is 1.43. The summed E-state index contributed by atoms with van der Waals surface area (Å²) in [6.07, 6.45) is 7.97. The van der Waals surface area contributed by atoms with Gasteiger partial charge in [0, 0.05) is 5.41 Å². The maximum atomic E-state index is 10.4. The van der Waals surface area contributed by atoms with Crippen molar-refractivity contribution in [1.29, 1.82) is 0 Å². The SMILES string of the molecule is CC1([C]=O)CCCCC1. The fraction of sp³-hybridized carbons (Fsp3) is 0.875. The second kappa shape index (κ2) is 2.51. The van der Waals surface area contributed by atoms with Crippen molar-refractivity contribution in [2.24, 2.45) is 5.41 Å². The zero-order valence-electron chi connectivity index (χ0n) is 5.94. The van der Waals surface area contributed by atoms with Crippen LogP contribution in [0.15, 0.2) is 0 Å². The molecule has 0 aliphatic heterocycles. The predicted octanol–water partition coefficient (Wildman–Crippen LogP) is 2.07. The van der Waals surface area contributed by atoms with E-state index in [9.17, 15) is 4.79 Å². The first-order valence-corrected chi connectivity index (χ1v) is 3.66. The Kier molecular flexibility index (Phi) is 1.89. The minimum absolute atomic E-state index is 0.0851. The highest BCUT2D eigenvalue weighted by molar-refractivity contribution is 5.59. The van der Waals surface area contributed by atoms with Crippen LogP contribution >= 0.6 is 0 Å². The molecule has 1 radical (unpaired) electrons. The van der Waals surface area contributed by atoms with Crippen LogP contribution in [0.4, 0.5) is 0 Å². The number of hydrogen-bond donors (Lipinski definition) is 0. The van der Waals surface area contributed by atoms with Crippen molar-refractivity contribution < 1.29 is 4.79 Å². The smallest absolute Gasteiger partial charge is 0.204 e. The van der Waals surface area contributed by atoms with Crippen LogP contribution in [0, 0.1) is 5.41 Å². The Bertz CT molecular complexity index is 101. The summed E-state index contributed by atoms with van der Waals surface area (Å²) in [7, 11) is 0. The van der Waals surface area contributed by atoms with E-state index in [4.69, 9.17) is 0 Å².